The van der Waals surface area contributed by atoms with Crippen molar-refractivity contribution in [3.63, 3.8) is 0 Å². The molecule has 15 heavy (non-hydrogen) atoms. The molecule has 0 saturated heterocycles. The quantitative estimate of drug-likeness (QED) is 0.353. The van der Waals surface area contributed by atoms with Crippen molar-refractivity contribution in [1.29, 1.82) is 0 Å². The average molecular weight is 212 g/mol. The fraction of sp³-hybridized carbons (Fsp3) is 0.667. The van der Waals surface area contributed by atoms with Gasteiger partial charge in [-0.2, -0.15) is 0 Å². The van der Waals surface area contributed by atoms with Gasteiger partial charge >= 0.3 is 5.97 Å². The number of carbonyl (C=O) groups excluding carboxylic acids is 2. The van der Waals surface area contributed by atoms with Gasteiger partial charge in [0.15, 0.2) is 5.78 Å². The van der Waals surface area contributed by atoms with Crippen LogP contribution in [-0.4, -0.2) is 18.4 Å². The van der Waals surface area contributed by atoms with E-state index in [4.69, 9.17) is 4.74 Å². The van der Waals surface area contributed by atoms with E-state index in [1.54, 1.807) is 0 Å². The van der Waals surface area contributed by atoms with Crippen LogP contribution in [0.4, 0.5) is 0 Å². The van der Waals surface area contributed by atoms with Crippen LogP contribution in [0.1, 0.15) is 46.0 Å². The van der Waals surface area contributed by atoms with Gasteiger partial charge < -0.3 is 4.74 Å². The Labute approximate surface area is 91.5 Å². The van der Waals surface area contributed by atoms with E-state index in [1.807, 2.05) is 0 Å². The van der Waals surface area contributed by atoms with Gasteiger partial charge in [-0.3, -0.25) is 4.79 Å². The Balaban J connectivity index is 3.35. The Morgan fingerprint density at radius 3 is 2.33 bits per heavy atom. The topological polar surface area (TPSA) is 43.4 Å². The number of unbranched alkanes of at least 4 members (excludes halogenated alkanes) is 4. The van der Waals surface area contributed by atoms with Gasteiger partial charge in [-0.25, -0.2) is 4.79 Å². The second-order valence-corrected chi connectivity index (χ2v) is 3.53. The lowest BCUT2D eigenvalue weighted by molar-refractivity contribution is -0.138. The number of ether oxygens (including phenoxy) is 1. The van der Waals surface area contributed by atoms with E-state index >= 15 is 0 Å². The fourth-order valence-corrected chi connectivity index (χ4v) is 1.11. The van der Waals surface area contributed by atoms with Crippen molar-refractivity contribution in [2.75, 3.05) is 6.61 Å². The van der Waals surface area contributed by atoms with E-state index in [2.05, 4.69) is 6.92 Å². The lowest BCUT2D eigenvalue weighted by Gasteiger charge is -2.01. The summed E-state index contributed by atoms with van der Waals surface area (Å²) in [5.74, 6) is -0.574. The van der Waals surface area contributed by atoms with Crippen molar-refractivity contribution in [3.05, 3.63) is 12.2 Å². The highest BCUT2D eigenvalue weighted by Gasteiger charge is 1.96. The van der Waals surface area contributed by atoms with Crippen LogP contribution in [-0.2, 0) is 14.3 Å². The summed E-state index contributed by atoms with van der Waals surface area (Å²) in [7, 11) is 0. The molecule has 0 aliphatic rings. The minimum atomic E-state index is -0.430. The molecule has 3 heteroatoms. The third-order valence-electron chi connectivity index (χ3n) is 1.95. The summed E-state index contributed by atoms with van der Waals surface area (Å²) in [6.07, 6.45) is 8.03. The third kappa shape index (κ3) is 10.8. The second kappa shape index (κ2) is 9.44. The van der Waals surface area contributed by atoms with Crippen LogP contribution in [0.2, 0.25) is 0 Å². The second-order valence-electron chi connectivity index (χ2n) is 3.53. The van der Waals surface area contributed by atoms with Gasteiger partial charge in [0.1, 0.15) is 0 Å². The van der Waals surface area contributed by atoms with Crippen LogP contribution >= 0.6 is 0 Å². The van der Waals surface area contributed by atoms with Crippen molar-refractivity contribution < 1.29 is 14.3 Å². The molecule has 0 aromatic carbocycles. The minimum absolute atomic E-state index is 0.144. The Morgan fingerprint density at radius 1 is 1.07 bits per heavy atom. The molecule has 0 N–H and O–H groups in total. The van der Waals surface area contributed by atoms with Crippen molar-refractivity contribution in [2.45, 2.75) is 46.0 Å². The maximum atomic E-state index is 11.0. The highest BCUT2D eigenvalue weighted by atomic mass is 16.5. The van der Waals surface area contributed by atoms with E-state index < -0.39 is 5.97 Å². The molecule has 0 amide bonds. The SMILES string of the molecule is CCCCCCCOC(=O)C=CC(C)=O. The number of ketones is 1. The highest BCUT2D eigenvalue weighted by Crippen LogP contribution is 2.02. The fourth-order valence-electron chi connectivity index (χ4n) is 1.11. The lowest BCUT2D eigenvalue weighted by Crippen LogP contribution is -2.02. The zero-order chi connectivity index (χ0) is 11.5. The summed E-state index contributed by atoms with van der Waals surface area (Å²) in [5, 5.41) is 0. The predicted molar refractivity (Wildman–Crippen MR) is 59.5 cm³/mol. The van der Waals surface area contributed by atoms with Crippen LogP contribution in [0.5, 0.6) is 0 Å². The van der Waals surface area contributed by atoms with Crippen molar-refractivity contribution >= 4 is 11.8 Å². The summed E-state index contributed by atoms with van der Waals surface area (Å²) in [6.45, 7) is 4.01. The van der Waals surface area contributed by atoms with Crippen molar-refractivity contribution in [1.82, 2.24) is 0 Å². The predicted octanol–water partition coefficient (Wildman–Crippen LogP) is 2.65. The molecule has 0 rings (SSSR count). The molecule has 0 fully saturated rings. The number of esters is 1. The number of allylic oxidation sites excluding steroid dienone is 1. The van der Waals surface area contributed by atoms with Crippen LogP contribution in [0, 0.1) is 0 Å². The number of hydrogen-bond donors (Lipinski definition) is 0. The number of rotatable bonds is 8. The molecule has 0 aromatic rings. The van der Waals surface area contributed by atoms with E-state index in [-0.39, 0.29) is 5.78 Å². The maximum Gasteiger partial charge on any atom is 0.330 e. The van der Waals surface area contributed by atoms with Gasteiger partial charge in [0.2, 0.25) is 0 Å². The van der Waals surface area contributed by atoms with E-state index in [0.29, 0.717) is 6.61 Å². The monoisotopic (exact) mass is 212 g/mol. The van der Waals surface area contributed by atoms with Crippen LogP contribution < -0.4 is 0 Å². The Kier molecular flexibility index (Phi) is 8.73. The first-order valence-corrected chi connectivity index (χ1v) is 5.52. The van der Waals surface area contributed by atoms with Crippen LogP contribution in [0.25, 0.3) is 0 Å². The zero-order valence-electron chi connectivity index (χ0n) is 9.62. The minimum Gasteiger partial charge on any atom is -0.463 e. The molecule has 0 unspecified atom stereocenters. The molecule has 0 bridgehead atoms. The van der Waals surface area contributed by atoms with Gasteiger partial charge in [0.25, 0.3) is 0 Å². The van der Waals surface area contributed by atoms with Crippen molar-refractivity contribution in [2.24, 2.45) is 0 Å². The van der Waals surface area contributed by atoms with Gasteiger partial charge in [0, 0.05) is 6.08 Å². The first-order chi connectivity index (χ1) is 7.16. The third-order valence-corrected chi connectivity index (χ3v) is 1.95. The normalized spacial score (nSPS) is 10.5. The smallest absolute Gasteiger partial charge is 0.330 e. The standard InChI is InChI=1S/C12H20O3/c1-3-4-5-6-7-10-15-12(14)9-8-11(2)13/h8-9H,3-7,10H2,1-2H3. The van der Waals surface area contributed by atoms with E-state index in [0.717, 1.165) is 12.8 Å². The molecule has 0 radical (unpaired) electrons. The molecular weight excluding hydrogens is 192 g/mol. The maximum absolute atomic E-state index is 11.0. The number of hydrogen-bond acceptors (Lipinski definition) is 3. The summed E-state index contributed by atoms with van der Waals surface area (Å²) in [5.41, 5.74) is 0. The summed E-state index contributed by atoms with van der Waals surface area (Å²) < 4.78 is 4.89. The van der Waals surface area contributed by atoms with Crippen molar-refractivity contribution in [3.8, 4) is 0 Å². The van der Waals surface area contributed by atoms with Gasteiger partial charge in [0.05, 0.1) is 6.61 Å². The molecule has 3 nitrogen and oxygen atoms in total. The molecular formula is C12H20O3. The molecule has 0 aromatic heterocycles. The van der Waals surface area contributed by atoms with Crippen LogP contribution in [0.3, 0.4) is 0 Å². The largest absolute Gasteiger partial charge is 0.463 e. The molecule has 0 heterocycles. The van der Waals surface area contributed by atoms with Gasteiger partial charge in [-0.1, -0.05) is 32.6 Å². The molecule has 0 spiro atoms. The zero-order valence-corrected chi connectivity index (χ0v) is 9.62. The lowest BCUT2D eigenvalue weighted by atomic mass is 10.2. The summed E-state index contributed by atoms with van der Waals surface area (Å²) >= 11 is 0. The average Bonchev–Trinajstić information content (AvgIpc) is 2.20. The molecule has 0 aliphatic heterocycles. The molecule has 0 aliphatic carbocycles. The molecule has 86 valence electrons. The Hall–Kier alpha value is -1.12. The molecule has 0 atom stereocenters. The Bertz CT molecular complexity index is 219. The first-order valence-electron chi connectivity index (χ1n) is 5.52. The van der Waals surface area contributed by atoms with E-state index in [1.165, 1.54) is 38.3 Å². The van der Waals surface area contributed by atoms with Crippen LogP contribution in [0.15, 0.2) is 12.2 Å². The number of carbonyl (C=O) groups is 2. The van der Waals surface area contributed by atoms with Gasteiger partial charge in [-0.05, 0) is 19.4 Å². The van der Waals surface area contributed by atoms with E-state index in [9.17, 15) is 9.59 Å². The highest BCUT2D eigenvalue weighted by molar-refractivity contribution is 5.94. The van der Waals surface area contributed by atoms with Gasteiger partial charge in [-0.15, -0.1) is 0 Å². The summed E-state index contributed by atoms with van der Waals surface area (Å²) in [6, 6.07) is 0. The first kappa shape index (κ1) is 13.9. The Morgan fingerprint density at radius 2 is 1.73 bits per heavy atom. The summed E-state index contributed by atoms with van der Waals surface area (Å²) in [4.78, 5) is 21.5. The molecule has 0 saturated carbocycles.